The van der Waals surface area contributed by atoms with E-state index >= 15 is 0 Å². The maximum absolute atomic E-state index is 9.61. The zero-order valence-electron chi connectivity index (χ0n) is 11.4. The number of aliphatic hydroxyl groups excluding tert-OH is 1. The van der Waals surface area contributed by atoms with Crippen molar-refractivity contribution in [2.75, 3.05) is 25.6 Å². The number of nitrogens with one attached hydrogen (secondary N) is 1. The summed E-state index contributed by atoms with van der Waals surface area (Å²) in [6.07, 6.45) is 2.04. The van der Waals surface area contributed by atoms with Gasteiger partial charge >= 0.3 is 0 Å². The smallest absolute Gasteiger partial charge is 0.0790 e. The Kier molecular flexibility index (Phi) is 4.71. The summed E-state index contributed by atoms with van der Waals surface area (Å²) in [4.78, 5) is 4.40. The molecule has 1 atom stereocenters. The summed E-state index contributed by atoms with van der Waals surface area (Å²) >= 11 is 0. The first-order valence-corrected chi connectivity index (χ1v) is 6.47. The molecule has 0 aliphatic heterocycles. The van der Waals surface area contributed by atoms with Crippen LogP contribution in [-0.4, -0.2) is 36.5 Å². The molecule has 2 aromatic rings. The van der Waals surface area contributed by atoms with E-state index in [4.69, 9.17) is 4.74 Å². The lowest BCUT2D eigenvalue weighted by Crippen LogP contribution is -2.18. The van der Waals surface area contributed by atoms with Crippen molar-refractivity contribution in [3.05, 3.63) is 36.0 Å². The first kappa shape index (κ1) is 13.8. The largest absolute Gasteiger partial charge is 0.391 e. The van der Waals surface area contributed by atoms with E-state index in [9.17, 15) is 5.11 Å². The number of fused-ring (bicyclic) bond motifs is 1. The SMILES string of the molecule is COCC(O)CCNc1ccnc2c(C)cccc12. The van der Waals surface area contributed by atoms with Crippen LogP contribution in [0.4, 0.5) is 5.69 Å². The highest BCUT2D eigenvalue weighted by molar-refractivity contribution is 5.92. The lowest BCUT2D eigenvalue weighted by molar-refractivity contribution is 0.0615. The molecule has 1 aromatic carbocycles. The molecule has 102 valence electrons. The summed E-state index contributed by atoms with van der Waals surface area (Å²) in [6.45, 7) is 3.14. The number of rotatable bonds is 6. The number of hydrogen-bond donors (Lipinski definition) is 2. The number of benzene rings is 1. The van der Waals surface area contributed by atoms with Crippen LogP contribution in [0.15, 0.2) is 30.5 Å². The Morgan fingerprint density at radius 1 is 1.37 bits per heavy atom. The molecule has 2 N–H and O–H groups in total. The molecule has 0 radical (unpaired) electrons. The van der Waals surface area contributed by atoms with E-state index < -0.39 is 6.10 Å². The minimum absolute atomic E-state index is 0.373. The Bertz CT molecular complexity index is 543. The molecule has 4 nitrogen and oxygen atoms in total. The Morgan fingerprint density at radius 3 is 3.00 bits per heavy atom. The van der Waals surface area contributed by atoms with Crippen LogP contribution in [0.3, 0.4) is 0 Å². The van der Waals surface area contributed by atoms with E-state index in [1.54, 1.807) is 7.11 Å². The predicted octanol–water partition coefficient (Wildman–Crippen LogP) is 2.35. The number of methoxy groups -OCH3 is 1. The Morgan fingerprint density at radius 2 is 2.21 bits per heavy atom. The third kappa shape index (κ3) is 3.43. The van der Waals surface area contributed by atoms with Gasteiger partial charge in [0.2, 0.25) is 0 Å². The van der Waals surface area contributed by atoms with Crippen molar-refractivity contribution in [3.63, 3.8) is 0 Å². The van der Waals surface area contributed by atoms with Crippen LogP contribution < -0.4 is 5.32 Å². The van der Waals surface area contributed by atoms with E-state index in [0.717, 1.165) is 16.6 Å². The van der Waals surface area contributed by atoms with Gasteiger partial charge in [0.1, 0.15) is 0 Å². The highest BCUT2D eigenvalue weighted by Crippen LogP contribution is 2.23. The molecule has 19 heavy (non-hydrogen) atoms. The number of nitrogens with zero attached hydrogens (tertiary/aromatic N) is 1. The number of hydrogen-bond acceptors (Lipinski definition) is 4. The number of pyridine rings is 1. The highest BCUT2D eigenvalue weighted by atomic mass is 16.5. The molecule has 0 aliphatic carbocycles. The number of aromatic nitrogens is 1. The van der Waals surface area contributed by atoms with Crippen LogP contribution in [0.2, 0.25) is 0 Å². The van der Waals surface area contributed by atoms with Crippen LogP contribution in [0.5, 0.6) is 0 Å². The van der Waals surface area contributed by atoms with Crippen molar-refractivity contribution in [1.29, 1.82) is 0 Å². The molecule has 1 aromatic heterocycles. The molecule has 2 rings (SSSR count). The standard InChI is InChI=1S/C15H20N2O2/c1-11-4-3-5-13-14(7-9-17-15(11)13)16-8-6-12(18)10-19-2/h3-5,7,9,12,18H,6,8,10H2,1-2H3,(H,16,17). The second kappa shape index (κ2) is 6.50. The van der Waals surface area contributed by atoms with Crippen LogP contribution >= 0.6 is 0 Å². The van der Waals surface area contributed by atoms with Gasteiger partial charge in [-0.1, -0.05) is 18.2 Å². The molecule has 4 heteroatoms. The van der Waals surface area contributed by atoms with Gasteiger partial charge in [-0.3, -0.25) is 4.98 Å². The first-order valence-electron chi connectivity index (χ1n) is 6.47. The van der Waals surface area contributed by atoms with Crippen LogP contribution in [0.25, 0.3) is 10.9 Å². The fourth-order valence-corrected chi connectivity index (χ4v) is 2.13. The quantitative estimate of drug-likeness (QED) is 0.837. The molecule has 0 bridgehead atoms. The maximum atomic E-state index is 9.61. The minimum Gasteiger partial charge on any atom is -0.391 e. The second-order valence-corrected chi connectivity index (χ2v) is 4.65. The summed E-state index contributed by atoms with van der Waals surface area (Å²) in [5.74, 6) is 0. The van der Waals surface area contributed by atoms with Gasteiger partial charge in [0.25, 0.3) is 0 Å². The lowest BCUT2D eigenvalue weighted by atomic mass is 10.1. The predicted molar refractivity (Wildman–Crippen MR) is 77.5 cm³/mol. The van der Waals surface area contributed by atoms with Gasteiger partial charge in [-0.15, -0.1) is 0 Å². The Hall–Kier alpha value is -1.65. The average molecular weight is 260 g/mol. The van der Waals surface area contributed by atoms with E-state index in [0.29, 0.717) is 19.6 Å². The Balaban J connectivity index is 2.07. The van der Waals surface area contributed by atoms with E-state index in [1.165, 1.54) is 5.56 Å². The monoisotopic (exact) mass is 260 g/mol. The van der Waals surface area contributed by atoms with Crippen LogP contribution in [0.1, 0.15) is 12.0 Å². The third-order valence-electron chi connectivity index (χ3n) is 3.12. The summed E-state index contributed by atoms with van der Waals surface area (Å²) in [6, 6.07) is 8.11. The maximum Gasteiger partial charge on any atom is 0.0790 e. The van der Waals surface area contributed by atoms with E-state index in [2.05, 4.69) is 29.4 Å². The lowest BCUT2D eigenvalue weighted by Gasteiger charge is -2.13. The van der Waals surface area contributed by atoms with Crippen molar-refractivity contribution < 1.29 is 9.84 Å². The number of anilines is 1. The van der Waals surface area contributed by atoms with Gasteiger partial charge < -0.3 is 15.2 Å². The van der Waals surface area contributed by atoms with Gasteiger partial charge in [0, 0.05) is 30.9 Å². The molecule has 0 spiro atoms. The zero-order valence-corrected chi connectivity index (χ0v) is 11.4. The normalized spacial score (nSPS) is 12.6. The van der Waals surface area contributed by atoms with Gasteiger partial charge in [0.05, 0.1) is 18.2 Å². The number of aliphatic hydroxyl groups is 1. The van der Waals surface area contributed by atoms with Crippen LogP contribution in [0, 0.1) is 6.92 Å². The topological polar surface area (TPSA) is 54.4 Å². The van der Waals surface area contributed by atoms with Crippen molar-refractivity contribution in [2.24, 2.45) is 0 Å². The van der Waals surface area contributed by atoms with Crippen LogP contribution in [-0.2, 0) is 4.74 Å². The summed E-state index contributed by atoms with van der Waals surface area (Å²) in [7, 11) is 1.59. The molecule has 0 saturated carbocycles. The fraction of sp³-hybridized carbons (Fsp3) is 0.400. The third-order valence-corrected chi connectivity index (χ3v) is 3.12. The van der Waals surface area contributed by atoms with Gasteiger partial charge in [0.15, 0.2) is 0 Å². The van der Waals surface area contributed by atoms with E-state index in [1.807, 2.05) is 18.3 Å². The summed E-state index contributed by atoms with van der Waals surface area (Å²) < 4.78 is 4.90. The van der Waals surface area contributed by atoms with Crippen molar-refractivity contribution in [3.8, 4) is 0 Å². The molecule has 0 aliphatic rings. The second-order valence-electron chi connectivity index (χ2n) is 4.65. The van der Waals surface area contributed by atoms with Gasteiger partial charge in [-0.05, 0) is 25.0 Å². The molecular weight excluding hydrogens is 240 g/mol. The van der Waals surface area contributed by atoms with Crippen molar-refractivity contribution in [2.45, 2.75) is 19.4 Å². The fourth-order valence-electron chi connectivity index (χ4n) is 2.13. The summed E-state index contributed by atoms with van der Waals surface area (Å²) in [5, 5.41) is 14.1. The zero-order chi connectivity index (χ0) is 13.7. The minimum atomic E-state index is -0.424. The van der Waals surface area contributed by atoms with E-state index in [-0.39, 0.29) is 0 Å². The van der Waals surface area contributed by atoms with Gasteiger partial charge in [-0.25, -0.2) is 0 Å². The molecule has 0 saturated heterocycles. The van der Waals surface area contributed by atoms with Crippen molar-refractivity contribution in [1.82, 2.24) is 4.98 Å². The molecular formula is C15H20N2O2. The average Bonchev–Trinajstić information content (AvgIpc) is 2.40. The highest BCUT2D eigenvalue weighted by Gasteiger charge is 2.05. The number of para-hydroxylation sites is 1. The molecule has 0 amide bonds. The van der Waals surface area contributed by atoms with Crippen molar-refractivity contribution >= 4 is 16.6 Å². The Labute approximate surface area is 113 Å². The number of aryl methyl sites for hydroxylation is 1. The number of ether oxygens (including phenoxy) is 1. The molecule has 0 fully saturated rings. The first-order chi connectivity index (χ1) is 9.22. The summed E-state index contributed by atoms with van der Waals surface area (Å²) in [5.41, 5.74) is 3.24. The molecule has 1 unspecified atom stereocenters. The van der Waals surface area contributed by atoms with Gasteiger partial charge in [-0.2, -0.15) is 0 Å². The molecule has 1 heterocycles.